The van der Waals surface area contributed by atoms with Gasteiger partial charge in [-0.1, -0.05) is 18.6 Å². The molecule has 2 aromatic carbocycles. The second-order valence-electron chi connectivity index (χ2n) is 9.93. The van der Waals surface area contributed by atoms with Crippen molar-refractivity contribution in [3.63, 3.8) is 0 Å². The lowest BCUT2D eigenvalue weighted by molar-refractivity contribution is -0.173. The number of alkyl halides is 3. The molecule has 7 nitrogen and oxygen atoms in total. The first-order chi connectivity index (χ1) is 18.5. The molecule has 0 N–H and O–H groups in total. The summed E-state index contributed by atoms with van der Waals surface area (Å²) in [6.07, 6.45) is -0.703. The van der Waals surface area contributed by atoms with Crippen LogP contribution < -0.4 is 14.2 Å². The van der Waals surface area contributed by atoms with Crippen LogP contribution in [-0.2, 0) is 4.79 Å². The summed E-state index contributed by atoms with van der Waals surface area (Å²) in [5.74, 6) is -1.55. The highest BCUT2D eigenvalue weighted by atomic mass is 19.4. The summed E-state index contributed by atoms with van der Waals surface area (Å²) in [4.78, 5) is 28.0. The first kappa shape index (κ1) is 30.1. The van der Waals surface area contributed by atoms with Gasteiger partial charge in [0.15, 0.2) is 5.92 Å². The Labute approximate surface area is 227 Å². The summed E-state index contributed by atoms with van der Waals surface area (Å²) in [5.41, 5.74) is 0.357. The monoisotopic (exact) mass is 550 g/mol. The third kappa shape index (κ3) is 8.03. The summed E-state index contributed by atoms with van der Waals surface area (Å²) < 4.78 is 57.9. The summed E-state index contributed by atoms with van der Waals surface area (Å²) in [7, 11) is 6.24. The van der Waals surface area contributed by atoms with E-state index >= 15 is 0 Å². The molecule has 2 aromatic rings. The lowest BCUT2D eigenvalue weighted by atomic mass is 9.90. The molecule has 10 heteroatoms. The number of unbranched alkanes of at least 4 members (excludes halogenated alkanes) is 1. The number of hydrogen-bond acceptors (Lipinski definition) is 5. The van der Waals surface area contributed by atoms with E-state index in [1.165, 1.54) is 42.2 Å². The molecule has 1 atom stereocenters. The van der Waals surface area contributed by atoms with E-state index in [-0.39, 0.29) is 17.2 Å². The Bertz CT molecular complexity index is 1110. The molecular weight excluding hydrogens is 513 g/mol. The maximum absolute atomic E-state index is 13.9. The quantitative estimate of drug-likeness (QED) is 0.344. The summed E-state index contributed by atoms with van der Waals surface area (Å²) in [6.45, 7) is 1.12. The second-order valence-corrected chi connectivity index (χ2v) is 9.93. The van der Waals surface area contributed by atoms with Crippen LogP contribution in [0.15, 0.2) is 42.5 Å². The third-order valence-corrected chi connectivity index (χ3v) is 7.01. The molecule has 0 aliphatic carbocycles. The zero-order chi connectivity index (χ0) is 28.6. The number of carbonyl (C=O) groups excluding carboxylic acids is 2. The maximum Gasteiger partial charge on any atom is 0.404 e. The fraction of sp³-hybridized carbons (Fsp3) is 0.517. The molecule has 214 valence electrons. The lowest BCUT2D eigenvalue weighted by Gasteiger charge is -2.35. The Morgan fingerprint density at radius 3 is 2.33 bits per heavy atom. The number of methoxy groups -OCH3 is 2. The third-order valence-electron chi connectivity index (χ3n) is 7.01. The van der Waals surface area contributed by atoms with Crippen LogP contribution in [0.25, 0.3) is 0 Å². The van der Waals surface area contributed by atoms with Crippen molar-refractivity contribution in [1.82, 2.24) is 9.80 Å². The Morgan fingerprint density at radius 2 is 1.72 bits per heavy atom. The fourth-order valence-electron chi connectivity index (χ4n) is 4.82. The van der Waals surface area contributed by atoms with Crippen molar-refractivity contribution in [2.75, 3.05) is 48.0 Å². The number of likely N-dealkylation sites (tertiary alicyclic amines) is 1. The van der Waals surface area contributed by atoms with Gasteiger partial charge >= 0.3 is 6.18 Å². The molecule has 0 radical (unpaired) electrons. The van der Waals surface area contributed by atoms with E-state index in [4.69, 9.17) is 14.2 Å². The zero-order valence-corrected chi connectivity index (χ0v) is 22.9. The van der Waals surface area contributed by atoms with Gasteiger partial charge in [-0.3, -0.25) is 9.59 Å². The lowest BCUT2D eigenvalue weighted by Crippen LogP contribution is -2.44. The number of amides is 2. The van der Waals surface area contributed by atoms with Gasteiger partial charge in [-0.05, 0) is 61.4 Å². The van der Waals surface area contributed by atoms with E-state index in [0.717, 1.165) is 19.3 Å². The molecule has 0 spiro atoms. The number of hydrogen-bond donors (Lipinski definition) is 0. The van der Waals surface area contributed by atoms with Crippen LogP contribution in [0.4, 0.5) is 13.2 Å². The number of carbonyl (C=O) groups is 2. The number of benzene rings is 2. The van der Waals surface area contributed by atoms with Crippen LogP contribution in [0.3, 0.4) is 0 Å². The molecule has 39 heavy (non-hydrogen) atoms. The van der Waals surface area contributed by atoms with Crippen molar-refractivity contribution in [3.8, 4) is 17.2 Å². The second kappa shape index (κ2) is 13.6. The van der Waals surface area contributed by atoms with E-state index in [1.54, 1.807) is 38.4 Å². The SMILES string of the molecule is COc1cccc([C@@H](C(=O)N2CCC(CCCCOc3ccc(C(=O)N(C)C)c(OC)c3)CC2)C(F)(F)F)c1. The van der Waals surface area contributed by atoms with Crippen molar-refractivity contribution in [2.24, 2.45) is 5.92 Å². The fourth-order valence-corrected chi connectivity index (χ4v) is 4.82. The first-order valence-electron chi connectivity index (χ1n) is 13.1. The highest BCUT2D eigenvalue weighted by Crippen LogP contribution is 2.38. The molecule has 1 aliphatic heterocycles. The van der Waals surface area contributed by atoms with Crippen LogP contribution in [0, 0.1) is 5.92 Å². The van der Waals surface area contributed by atoms with Gasteiger partial charge in [-0.25, -0.2) is 0 Å². The molecule has 1 fully saturated rings. The highest BCUT2D eigenvalue weighted by molar-refractivity contribution is 5.96. The number of nitrogens with zero attached hydrogens (tertiary/aromatic N) is 2. The molecular formula is C29H37F3N2O5. The molecule has 0 saturated carbocycles. The number of ether oxygens (including phenoxy) is 3. The molecule has 0 aromatic heterocycles. The maximum atomic E-state index is 13.9. The average molecular weight is 551 g/mol. The summed E-state index contributed by atoms with van der Waals surface area (Å²) in [6, 6.07) is 10.7. The topological polar surface area (TPSA) is 68.3 Å². The Balaban J connectivity index is 1.44. The smallest absolute Gasteiger partial charge is 0.404 e. The minimum absolute atomic E-state index is 0.106. The van der Waals surface area contributed by atoms with Crippen LogP contribution in [0.5, 0.6) is 17.2 Å². The average Bonchev–Trinajstić information content (AvgIpc) is 2.92. The van der Waals surface area contributed by atoms with Gasteiger partial charge in [-0.15, -0.1) is 0 Å². The largest absolute Gasteiger partial charge is 0.497 e. The normalized spacial score (nSPS) is 15.0. The van der Waals surface area contributed by atoms with E-state index in [9.17, 15) is 22.8 Å². The van der Waals surface area contributed by atoms with Crippen molar-refractivity contribution in [1.29, 1.82) is 0 Å². The molecule has 1 heterocycles. The van der Waals surface area contributed by atoms with E-state index < -0.39 is 18.0 Å². The molecule has 0 bridgehead atoms. The van der Waals surface area contributed by atoms with Gasteiger partial charge in [-0.2, -0.15) is 13.2 Å². The first-order valence-corrected chi connectivity index (χ1v) is 13.1. The van der Waals surface area contributed by atoms with Crippen LogP contribution in [0.1, 0.15) is 53.9 Å². The van der Waals surface area contributed by atoms with Gasteiger partial charge in [0, 0.05) is 33.3 Å². The summed E-state index contributed by atoms with van der Waals surface area (Å²) >= 11 is 0. The van der Waals surface area contributed by atoms with Gasteiger partial charge in [0.2, 0.25) is 5.91 Å². The van der Waals surface area contributed by atoms with Crippen molar-refractivity contribution in [3.05, 3.63) is 53.6 Å². The number of halogens is 3. The van der Waals surface area contributed by atoms with Crippen LogP contribution >= 0.6 is 0 Å². The minimum atomic E-state index is -4.69. The predicted octanol–water partition coefficient (Wildman–Crippen LogP) is 5.54. The van der Waals surface area contributed by atoms with Gasteiger partial charge in [0.25, 0.3) is 5.91 Å². The van der Waals surface area contributed by atoms with Crippen molar-refractivity contribution in [2.45, 2.75) is 44.2 Å². The molecule has 2 amide bonds. The van der Waals surface area contributed by atoms with Crippen LogP contribution in [-0.4, -0.2) is 75.8 Å². The molecule has 1 aliphatic rings. The Morgan fingerprint density at radius 1 is 1.00 bits per heavy atom. The summed E-state index contributed by atoms with van der Waals surface area (Å²) in [5, 5.41) is 0. The number of rotatable bonds is 11. The highest BCUT2D eigenvalue weighted by Gasteiger charge is 2.48. The van der Waals surface area contributed by atoms with Gasteiger partial charge in [0.05, 0.1) is 26.4 Å². The predicted molar refractivity (Wildman–Crippen MR) is 141 cm³/mol. The van der Waals surface area contributed by atoms with E-state index in [1.807, 2.05) is 0 Å². The van der Waals surface area contributed by atoms with E-state index in [2.05, 4.69) is 0 Å². The molecule has 0 unspecified atom stereocenters. The zero-order valence-electron chi connectivity index (χ0n) is 22.9. The van der Waals surface area contributed by atoms with E-state index in [0.29, 0.717) is 55.5 Å². The van der Waals surface area contributed by atoms with Gasteiger partial charge in [0.1, 0.15) is 17.2 Å². The van der Waals surface area contributed by atoms with Crippen LogP contribution in [0.2, 0.25) is 0 Å². The minimum Gasteiger partial charge on any atom is -0.497 e. The van der Waals surface area contributed by atoms with Gasteiger partial charge < -0.3 is 24.0 Å². The Kier molecular flexibility index (Phi) is 10.5. The van der Waals surface area contributed by atoms with Crippen molar-refractivity contribution < 1.29 is 37.0 Å². The van der Waals surface area contributed by atoms with Crippen molar-refractivity contribution >= 4 is 11.8 Å². The standard InChI is InChI=1S/C29H37F3N2O5/c1-33(2)27(35)24-12-11-23(19-25(24)38-4)39-17-6-5-8-20-13-15-34(16-14-20)28(36)26(29(30,31)32)21-9-7-10-22(18-21)37-3/h7,9-12,18-20,26H,5-6,8,13-17H2,1-4H3/t26-/m0/s1. The number of piperidine rings is 1. The Hall–Kier alpha value is -3.43. The molecule has 1 saturated heterocycles. The molecule has 3 rings (SSSR count).